The smallest absolute Gasteiger partial charge is 0.225 e. The predicted octanol–water partition coefficient (Wildman–Crippen LogP) is 1.39. The van der Waals surface area contributed by atoms with E-state index in [0.717, 1.165) is 57.2 Å². The number of rotatable bonds is 4. The Labute approximate surface area is 160 Å². The Balaban J connectivity index is 1.51. The Morgan fingerprint density at radius 2 is 2.07 bits per heavy atom. The first-order chi connectivity index (χ1) is 13.0. The monoisotopic (exact) mass is 371 g/mol. The van der Waals surface area contributed by atoms with Gasteiger partial charge in [0, 0.05) is 57.3 Å². The maximum atomic E-state index is 12.4. The summed E-state index contributed by atoms with van der Waals surface area (Å²) in [6, 6.07) is 0.291. The molecular formula is C19H29N7O. The second-order valence-corrected chi connectivity index (χ2v) is 8.01. The standard InChI is InChI=1S/C19H29N7O/c1-14(2)19(27)24-8-6-17-21-22-18(26(17)10-9-24)16-5-4-7-25(16)13-15-11-20-23(3)12-15/h11-12,14,16H,4-10,13H2,1-3H3. The second kappa shape index (κ2) is 7.42. The van der Waals surface area contributed by atoms with Crippen molar-refractivity contribution in [2.75, 3.05) is 19.6 Å². The van der Waals surface area contributed by atoms with Crippen LogP contribution in [0.3, 0.4) is 0 Å². The van der Waals surface area contributed by atoms with Gasteiger partial charge in [0.15, 0.2) is 0 Å². The van der Waals surface area contributed by atoms with Crippen LogP contribution in [0.25, 0.3) is 0 Å². The Kier molecular flexibility index (Phi) is 4.99. The van der Waals surface area contributed by atoms with Crippen molar-refractivity contribution >= 4 is 5.91 Å². The molecule has 1 amide bonds. The number of carbonyl (C=O) groups excluding carboxylic acids is 1. The lowest BCUT2D eigenvalue weighted by Crippen LogP contribution is -2.36. The fourth-order valence-corrected chi connectivity index (χ4v) is 4.27. The number of nitrogens with zero attached hydrogens (tertiary/aromatic N) is 7. The molecule has 2 aromatic heterocycles. The molecular weight excluding hydrogens is 342 g/mol. The fourth-order valence-electron chi connectivity index (χ4n) is 4.27. The van der Waals surface area contributed by atoms with Crippen LogP contribution in [0, 0.1) is 5.92 Å². The molecule has 0 aromatic carbocycles. The van der Waals surface area contributed by atoms with E-state index >= 15 is 0 Å². The molecule has 27 heavy (non-hydrogen) atoms. The van der Waals surface area contributed by atoms with Gasteiger partial charge in [-0.25, -0.2) is 0 Å². The second-order valence-electron chi connectivity index (χ2n) is 8.01. The van der Waals surface area contributed by atoms with Gasteiger partial charge in [-0.15, -0.1) is 10.2 Å². The molecule has 8 heteroatoms. The van der Waals surface area contributed by atoms with Crippen LogP contribution in [0.4, 0.5) is 0 Å². The molecule has 146 valence electrons. The van der Waals surface area contributed by atoms with Gasteiger partial charge in [-0.2, -0.15) is 5.10 Å². The zero-order chi connectivity index (χ0) is 19.0. The van der Waals surface area contributed by atoms with E-state index in [1.54, 1.807) is 0 Å². The summed E-state index contributed by atoms with van der Waals surface area (Å²) >= 11 is 0. The highest BCUT2D eigenvalue weighted by Gasteiger charge is 2.32. The highest BCUT2D eigenvalue weighted by Crippen LogP contribution is 2.33. The van der Waals surface area contributed by atoms with E-state index in [2.05, 4.69) is 31.0 Å². The molecule has 4 rings (SSSR count). The highest BCUT2D eigenvalue weighted by molar-refractivity contribution is 5.78. The average Bonchev–Trinajstić information content (AvgIpc) is 3.32. The highest BCUT2D eigenvalue weighted by atomic mass is 16.2. The van der Waals surface area contributed by atoms with Crippen molar-refractivity contribution in [3.63, 3.8) is 0 Å². The molecule has 0 radical (unpaired) electrons. The van der Waals surface area contributed by atoms with Crippen molar-refractivity contribution in [2.24, 2.45) is 13.0 Å². The van der Waals surface area contributed by atoms with Crippen molar-refractivity contribution in [1.82, 2.24) is 34.3 Å². The largest absolute Gasteiger partial charge is 0.340 e. The van der Waals surface area contributed by atoms with E-state index in [1.165, 1.54) is 12.0 Å². The van der Waals surface area contributed by atoms with E-state index in [0.29, 0.717) is 6.04 Å². The van der Waals surface area contributed by atoms with Crippen molar-refractivity contribution in [3.8, 4) is 0 Å². The first-order valence-electron chi connectivity index (χ1n) is 9.95. The minimum atomic E-state index is 0.0397. The summed E-state index contributed by atoms with van der Waals surface area (Å²) in [5, 5.41) is 13.3. The lowest BCUT2D eigenvalue weighted by molar-refractivity contribution is -0.134. The molecule has 1 saturated heterocycles. The van der Waals surface area contributed by atoms with Crippen molar-refractivity contribution < 1.29 is 4.79 Å². The summed E-state index contributed by atoms with van der Waals surface area (Å²) < 4.78 is 4.11. The van der Waals surface area contributed by atoms with Crippen LogP contribution in [0.1, 0.15) is 49.9 Å². The molecule has 1 fully saturated rings. The number of hydrogen-bond acceptors (Lipinski definition) is 5. The maximum Gasteiger partial charge on any atom is 0.225 e. The van der Waals surface area contributed by atoms with Gasteiger partial charge in [0.2, 0.25) is 5.91 Å². The normalized spacial score (nSPS) is 20.9. The lowest BCUT2D eigenvalue weighted by Gasteiger charge is -2.24. The number of aryl methyl sites for hydroxylation is 1. The topological polar surface area (TPSA) is 72.1 Å². The van der Waals surface area contributed by atoms with Gasteiger partial charge in [-0.1, -0.05) is 13.8 Å². The van der Waals surface area contributed by atoms with Crippen molar-refractivity contribution in [1.29, 1.82) is 0 Å². The van der Waals surface area contributed by atoms with E-state index in [-0.39, 0.29) is 11.8 Å². The zero-order valence-corrected chi connectivity index (χ0v) is 16.5. The lowest BCUT2D eigenvalue weighted by atomic mass is 10.2. The Hall–Kier alpha value is -2.22. The predicted molar refractivity (Wildman–Crippen MR) is 101 cm³/mol. The van der Waals surface area contributed by atoms with Gasteiger partial charge in [0.1, 0.15) is 11.6 Å². The van der Waals surface area contributed by atoms with Crippen LogP contribution in [0.2, 0.25) is 0 Å². The fraction of sp³-hybridized carbons (Fsp3) is 0.684. The SMILES string of the molecule is CC(C)C(=O)N1CCc2nnc(C3CCCN3Cc3cnn(C)c3)n2CC1. The Morgan fingerprint density at radius 1 is 1.22 bits per heavy atom. The molecule has 0 saturated carbocycles. The molecule has 4 heterocycles. The number of hydrogen-bond donors (Lipinski definition) is 0. The summed E-state index contributed by atoms with van der Waals surface area (Å²) in [5.74, 6) is 2.34. The minimum Gasteiger partial charge on any atom is -0.340 e. The van der Waals surface area contributed by atoms with E-state index in [4.69, 9.17) is 0 Å². The molecule has 8 nitrogen and oxygen atoms in total. The van der Waals surface area contributed by atoms with E-state index in [9.17, 15) is 4.79 Å². The number of amides is 1. The number of likely N-dealkylation sites (tertiary alicyclic amines) is 1. The number of carbonyl (C=O) groups is 1. The van der Waals surface area contributed by atoms with Crippen molar-refractivity contribution in [3.05, 3.63) is 29.6 Å². The van der Waals surface area contributed by atoms with Crippen LogP contribution < -0.4 is 0 Å². The third-order valence-corrected chi connectivity index (χ3v) is 5.67. The van der Waals surface area contributed by atoms with Crippen LogP contribution in [-0.4, -0.2) is 59.9 Å². The van der Waals surface area contributed by atoms with Crippen LogP contribution in [-0.2, 0) is 31.4 Å². The quantitative estimate of drug-likeness (QED) is 0.812. The molecule has 2 aliphatic heterocycles. The Bertz CT molecular complexity index is 809. The molecule has 1 atom stereocenters. The summed E-state index contributed by atoms with van der Waals surface area (Å²) in [4.78, 5) is 16.8. The zero-order valence-electron chi connectivity index (χ0n) is 16.5. The molecule has 0 spiro atoms. The summed E-state index contributed by atoms with van der Waals surface area (Å²) in [7, 11) is 1.95. The van der Waals surface area contributed by atoms with Gasteiger partial charge < -0.3 is 9.47 Å². The minimum absolute atomic E-state index is 0.0397. The van der Waals surface area contributed by atoms with Crippen molar-refractivity contribution in [2.45, 2.75) is 52.2 Å². The van der Waals surface area contributed by atoms with Crippen LogP contribution in [0.5, 0.6) is 0 Å². The summed E-state index contributed by atoms with van der Waals surface area (Å²) in [6.07, 6.45) is 7.07. The first-order valence-corrected chi connectivity index (χ1v) is 9.95. The molecule has 0 bridgehead atoms. The van der Waals surface area contributed by atoms with Crippen LogP contribution >= 0.6 is 0 Å². The van der Waals surface area contributed by atoms with Crippen LogP contribution in [0.15, 0.2) is 12.4 Å². The molecule has 0 N–H and O–H groups in total. The molecule has 2 aliphatic rings. The average molecular weight is 371 g/mol. The van der Waals surface area contributed by atoms with E-state index in [1.807, 2.05) is 36.7 Å². The Morgan fingerprint density at radius 3 is 2.81 bits per heavy atom. The van der Waals surface area contributed by atoms with Gasteiger partial charge in [-0.05, 0) is 19.4 Å². The summed E-state index contributed by atoms with van der Waals surface area (Å²) in [5.41, 5.74) is 1.23. The maximum absolute atomic E-state index is 12.4. The van der Waals surface area contributed by atoms with E-state index < -0.39 is 0 Å². The summed E-state index contributed by atoms with van der Waals surface area (Å²) in [6.45, 7) is 8.15. The van der Waals surface area contributed by atoms with Gasteiger partial charge in [-0.3, -0.25) is 14.4 Å². The van der Waals surface area contributed by atoms with Gasteiger partial charge in [0.05, 0.1) is 12.2 Å². The molecule has 1 unspecified atom stereocenters. The third-order valence-electron chi connectivity index (χ3n) is 5.67. The van der Waals surface area contributed by atoms with Gasteiger partial charge in [0.25, 0.3) is 0 Å². The molecule has 0 aliphatic carbocycles. The third kappa shape index (κ3) is 3.63. The number of fused-ring (bicyclic) bond motifs is 1. The van der Waals surface area contributed by atoms with Gasteiger partial charge >= 0.3 is 0 Å². The first kappa shape index (κ1) is 18.2. The number of aromatic nitrogens is 5. The molecule has 2 aromatic rings.